The minimum atomic E-state index is -0.725. The molecule has 0 aliphatic heterocycles. The topological polar surface area (TPSA) is 94.8 Å². The van der Waals surface area contributed by atoms with Gasteiger partial charge in [0.2, 0.25) is 0 Å². The minimum Gasteiger partial charge on any atom is -0.506 e. The summed E-state index contributed by atoms with van der Waals surface area (Å²) < 4.78 is 0. The zero-order valence-electron chi connectivity index (χ0n) is 10.0. The largest absolute Gasteiger partial charge is 0.506 e. The van der Waals surface area contributed by atoms with Crippen molar-refractivity contribution in [2.75, 3.05) is 0 Å². The van der Waals surface area contributed by atoms with Crippen molar-refractivity contribution in [3.63, 3.8) is 0 Å². The highest BCUT2D eigenvalue weighted by molar-refractivity contribution is 5.96. The zero-order chi connectivity index (χ0) is 13.9. The van der Waals surface area contributed by atoms with Crippen LogP contribution in [0.5, 0.6) is 17.2 Å². The maximum atomic E-state index is 10.8. The number of carbonyl (C=O) groups is 2. The molecule has 0 heterocycles. The third kappa shape index (κ3) is 2.34. The second-order valence-corrected chi connectivity index (χ2v) is 4.13. The van der Waals surface area contributed by atoms with E-state index in [2.05, 4.69) is 0 Å². The summed E-state index contributed by atoms with van der Waals surface area (Å²) in [5.74, 6) is -1.68. The van der Waals surface area contributed by atoms with E-state index in [9.17, 15) is 24.9 Å². The number of benzene rings is 1. The van der Waals surface area contributed by atoms with Crippen molar-refractivity contribution in [2.45, 2.75) is 13.8 Å². The van der Waals surface area contributed by atoms with Crippen LogP contribution in [-0.4, -0.2) is 27.9 Å². The number of phenols is 3. The van der Waals surface area contributed by atoms with Crippen molar-refractivity contribution >= 4 is 18.6 Å². The SMILES string of the molecule is CC(C)/C=C\c1c(O)c(C=O)c(O)c(C=O)c1O. The van der Waals surface area contributed by atoms with Crippen LogP contribution in [-0.2, 0) is 0 Å². The van der Waals surface area contributed by atoms with E-state index < -0.39 is 28.4 Å². The fourth-order valence-electron chi connectivity index (χ4n) is 1.44. The Bertz CT molecular complexity index is 480. The summed E-state index contributed by atoms with van der Waals surface area (Å²) in [6.07, 6.45) is 3.53. The van der Waals surface area contributed by atoms with E-state index in [1.165, 1.54) is 6.08 Å². The molecule has 1 aromatic rings. The molecule has 18 heavy (non-hydrogen) atoms. The van der Waals surface area contributed by atoms with Crippen LogP contribution in [0.1, 0.15) is 40.1 Å². The number of phenolic OH excluding ortho intramolecular Hbond substituents is 3. The van der Waals surface area contributed by atoms with Crippen molar-refractivity contribution in [3.8, 4) is 17.2 Å². The quantitative estimate of drug-likeness (QED) is 0.711. The summed E-state index contributed by atoms with van der Waals surface area (Å²) in [6.45, 7) is 3.76. The molecule has 5 nitrogen and oxygen atoms in total. The van der Waals surface area contributed by atoms with Crippen LogP contribution in [0.15, 0.2) is 6.08 Å². The van der Waals surface area contributed by atoms with Gasteiger partial charge in [-0.05, 0) is 5.92 Å². The van der Waals surface area contributed by atoms with E-state index in [1.54, 1.807) is 6.08 Å². The van der Waals surface area contributed by atoms with Gasteiger partial charge in [0.25, 0.3) is 0 Å². The molecule has 0 aliphatic carbocycles. The van der Waals surface area contributed by atoms with E-state index in [0.29, 0.717) is 0 Å². The average molecular weight is 250 g/mol. The maximum absolute atomic E-state index is 10.8. The van der Waals surface area contributed by atoms with Gasteiger partial charge >= 0.3 is 0 Å². The average Bonchev–Trinajstić information content (AvgIpc) is 2.29. The lowest BCUT2D eigenvalue weighted by Crippen LogP contribution is -1.94. The van der Waals surface area contributed by atoms with Crippen LogP contribution in [0.3, 0.4) is 0 Å². The van der Waals surface area contributed by atoms with E-state index >= 15 is 0 Å². The molecule has 0 atom stereocenters. The normalized spacial score (nSPS) is 11.1. The number of allylic oxidation sites excluding steroid dienone is 1. The Labute approximate surface area is 104 Å². The molecule has 0 saturated heterocycles. The summed E-state index contributed by atoms with van der Waals surface area (Å²) in [5.41, 5.74) is -0.901. The van der Waals surface area contributed by atoms with Crippen LogP contribution >= 0.6 is 0 Å². The molecule has 0 aromatic heterocycles. The monoisotopic (exact) mass is 250 g/mol. The van der Waals surface area contributed by atoms with E-state index in [0.717, 1.165) is 0 Å². The summed E-state index contributed by atoms with van der Waals surface area (Å²) in [4.78, 5) is 21.6. The number of hydrogen-bond acceptors (Lipinski definition) is 5. The predicted octanol–water partition coefficient (Wildman–Crippen LogP) is 2.10. The van der Waals surface area contributed by atoms with Gasteiger partial charge in [-0.3, -0.25) is 9.59 Å². The molecule has 0 amide bonds. The van der Waals surface area contributed by atoms with Crippen molar-refractivity contribution in [1.29, 1.82) is 0 Å². The van der Waals surface area contributed by atoms with Gasteiger partial charge in [0.05, 0.1) is 16.7 Å². The van der Waals surface area contributed by atoms with Gasteiger partial charge in [0.1, 0.15) is 17.2 Å². The van der Waals surface area contributed by atoms with Crippen LogP contribution in [0.2, 0.25) is 0 Å². The van der Waals surface area contributed by atoms with Gasteiger partial charge in [0, 0.05) is 0 Å². The lowest BCUT2D eigenvalue weighted by Gasteiger charge is -2.10. The molecular formula is C13H14O5. The third-order valence-corrected chi connectivity index (χ3v) is 2.41. The van der Waals surface area contributed by atoms with Gasteiger partial charge in [0.15, 0.2) is 12.6 Å². The van der Waals surface area contributed by atoms with Crippen LogP contribution in [0.25, 0.3) is 6.08 Å². The van der Waals surface area contributed by atoms with Crippen molar-refractivity contribution in [3.05, 3.63) is 22.8 Å². The van der Waals surface area contributed by atoms with Crippen molar-refractivity contribution in [1.82, 2.24) is 0 Å². The highest BCUT2D eigenvalue weighted by Gasteiger charge is 2.21. The maximum Gasteiger partial charge on any atom is 0.157 e. The highest BCUT2D eigenvalue weighted by Crippen LogP contribution is 2.40. The lowest BCUT2D eigenvalue weighted by atomic mass is 10.00. The smallest absolute Gasteiger partial charge is 0.157 e. The molecule has 0 aliphatic rings. The number of aldehydes is 2. The minimum absolute atomic E-state index is 0.0642. The Hall–Kier alpha value is -2.30. The first-order chi connectivity index (χ1) is 8.43. The Balaban J connectivity index is 3.60. The highest BCUT2D eigenvalue weighted by atomic mass is 16.3. The first kappa shape index (κ1) is 13.8. The van der Waals surface area contributed by atoms with Gasteiger partial charge < -0.3 is 15.3 Å². The van der Waals surface area contributed by atoms with E-state index in [1.807, 2.05) is 13.8 Å². The molecule has 0 radical (unpaired) electrons. The van der Waals surface area contributed by atoms with Crippen molar-refractivity contribution < 1.29 is 24.9 Å². The van der Waals surface area contributed by atoms with Gasteiger partial charge in [-0.25, -0.2) is 0 Å². The Morgan fingerprint density at radius 3 is 1.56 bits per heavy atom. The molecule has 0 fully saturated rings. The molecule has 5 heteroatoms. The first-order valence-electron chi connectivity index (χ1n) is 5.33. The molecular weight excluding hydrogens is 236 g/mol. The van der Waals surface area contributed by atoms with Crippen molar-refractivity contribution in [2.24, 2.45) is 5.92 Å². The van der Waals surface area contributed by atoms with Crippen LogP contribution in [0.4, 0.5) is 0 Å². The Morgan fingerprint density at radius 1 is 0.833 bits per heavy atom. The summed E-state index contributed by atoms with van der Waals surface area (Å²) in [6, 6.07) is 0. The first-order valence-corrected chi connectivity index (χ1v) is 5.33. The summed E-state index contributed by atoms with van der Waals surface area (Å²) in [5, 5.41) is 29.1. The van der Waals surface area contributed by atoms with Crippen LogP contribution < -0.4 is 0 Å². The second-order valence-electron chi connectivity index (χ2n) is 4.13. The molecule has 3 N–H and O–H groups in total. The fourth-order valence-corrected chi connectivity index (χ4v) is 1.44. The second kappa shape index (κ2) is 5.35. The molecule has 96 valence electrons. The molecule has 1 aromatic carbocycles. The molecule has 0 saturated carbocycles. The Morgan fingerprint density at radius 2 is 1.22 bits per heavy atom. The standard InChI is InChI=1S/C13H14O5/c1-7(2)3-4-8-11(16)9(5-14)13(18)10(6-15)12(8)17/h3-7,16-18H,1-2H3/b4-3-. The zero-order valence-corrected chi connectivity index (χ0v) is 10.0. The van der Waals surface area contributed by atoms with Gasteiger partial charge in [-0.2, -0.15) is 0 Å². The molecule has 0 spiro atoms. The summed E-state index contributed by atoms with van der Waals surface area (Å²) >= 11 is 0. The fraction of sp³-hybridized carbons (Fsp3) is 0.231. The molecule has 0 unspecified atom stereocenters. The lowest BCUT2D eigenvalue weighted by molar-refractivity contribution is 0.111. The molecule has 0 bridgehead atoms. The number of hydrogen-bond donors (Lipinski definition) is 3. The Kier molecular flexibility index (Phi) is 4.09. The summed E-state index contributed by atoms with van der Waals surface area (Å²) in [7, 11) is 0. The number of aromatic hydroxyl groups is 3. The van der Waals surface area contributed by atoms with Gasteiger partial charge in [-0.1, -0.05) is 26.0 Å². The van der Waals surface area contributed by atoms with E-state index in [4.69, 9.17) is 0 Å². The van der Waals surface area contributed by atoms with Gasteiger partial charge in [-0.15, -0.1) is 0 Å². The number of rotatable bonds is 4. The third-order valence-electron chi connectivity index (χ3n) is 2.41. The van der Waals surface area contributed by atoms with Crippen LogP contribution in [0, 0.1) is 5.92 Å². The number of carbonyl (C=O) groups excluding carboxylic acids is 2. The van der Waals surface area contributed by atoms with E-state index in [-0.39, 0.29) is 24.1 Å². The predicted molar refractivity (Wildman–Crippen MR) is 66.1 cm³/mol. The molecule has 1 rings (SSSR count).